The Kier molecular flexibility index (Phi) is 2.10. The molecule has 2 heteroatoms. The lowest BCUT2D eigenvalue weighted by Gasteiger charge is -2.23. The summed E-state index contributed by atoms with van der Waals surface area (Å²) < 4.78 is 5.65. The van der Waals surface area contributed by atoms with E-state index in [0.29, 0.717) is 11.5 Å². The number of fused-ring (bicyclic) bond motifs is 2. The Labute approximate surface area is 94.9 Å². The number of hydrogen-bond acceptors (Lipinski definition) is 2. The summed E-state index contributed by atoms with van der Waals surface area (Å²) in [5.41, 5.74) is 0.345. The third-order valence-corrected chi connectivity index (χ3v) is 3.52. The highest BCUT2D eigenvalue weighted by Gasteiger charge is 2.43. The predicted molar refractivity (Wildman–Crippen MR) is 61.1 cm³/mol. The van der Waals surface area contributed by atoms with Crippen molar-refractivity contribution in [2.24, 2.45) is 5.92 Å². The predicted octanol–water partition coefficient (Wildman–Crippen LogP) is 2.95. The molecule has 0 amide bonds. The van der Waals surface area contributed by atoms with Crippen LogP contribution >= 0.6 is 0 Å². The van der Waals surface area contributed by atoms with Crippen molar-refractivity contribution in [1.82, 2.24) is 0 Å². The summed E-state index contributed by atoms with van der Waals surface area (Å²) in [6.45, 7) is 0. The van der Waals surface area contributed by atoms with Gasteiger partial charge in [0.15, 0.2) is 0 Å². The molecule has 2 aliphatic carbocycles. The number of rotatable bonds is 2. The number of carbonyl (C=O) groups excluding carboxylic acids is 1. The van der Waals surface area contributed by atoms with Gasteiger partial charge < -0.3 is 4.74 Å². The Morgan fingerprint density at radius 3 is 2.69 bits per heavy atom. The number of ether oxygens (including phenoxy) is 1. The highest BCUT2D eigenvalue weighted by molar-refractivity contribution is 5.89. The lowest BCUT2D eigenvalue weighted by atomic mass is 10.0. The van der Waals surface area contributed by atoms with Crippen molar-refractivity contribution in [2.75, 3.05) is 0 Å². The van der Waals surface area contributed by atoms with Crippen molar-refractivity contribution >= 4 is 5.97 Å². The first kappa shape index (κ1) is 9.64. The molecule has 0 saturated heterocycles. The van der Waals surface area contributed by atoms with Crippen LogP contribution in [-0.2, 0) is 4.74 Å². The van der Waals surface area contributed by atoms with E-state index >= 15 is 0 Å². The molecule has 0 spiro atoms. The van der Waals surface area contributed by atoms with Gasteiger partial charge in [0.1, 0.15) is 5.60 Å². The van der Waals surface area contributed by atoms with Crippen molar-refractivity contribution in [1.29, 1.82) is 0 Å². The van der Waals surface area contributed by atoms with E-state index in [0.717, 1.165) is 19.3 Å². The summed E-state index contributed by atoms with van der Waals surface area (Å²) in [5.74, 6) is 0.427. The van der Waals surface area contributed by atoms with Crippen molar-refractivity contribution in [3.8, 4) is 0 Å². The van der Waals surface area contributed by atoms with Crippen LogP contribution in [0, 0.1) is 5.92 Å². The van der Waals surface area contributed by atoms with E-state index in [9.17, 15) is 4.79 Å². The molecule has 0 aliphatic heterocycles. The summed E-state index contributed by atoms with van der Waals surface area (Å²) in [6.07, 6.45) is 7.36. The Bertz CT molecular complexity index is 435. The van der Waals surface area contributed by atoms with Gasteiger partial charge >= 0.3 is 5.97 Å². The molecule has 2 bridgehead atoms. The average Bonchev–Trinajstić information content (AvgIpc) is 2.90. The van der Waals surface area contributed by atoms with Crippen molar-refractivity contribution in [2.45, 2.75) is 24.9 Å². The maximum Gasteiger partial charge on any atom is 0.338 e. The van der Waals surface area contributed by atoms with Crippen molar-refractivity contribution in [3.63, 3.8) is 0 Å². The molecule has 1 aromatic carbocycles. The standard InChI is InChI=1S/C14H14O2/c15-13(12-4-2-1-3-5-12)16-14-8-6-11(10-14)7-9-14/h1-6,8,11H,7,9-10H2. The summed E-state index contributed by atoms with van der Waals surface area (Å²) in [5, 5.41) is 0. The second-order valence-electron chi connectivity index (χ2n) is 4.68. The van der Waals surface area contributed by atoms with Crippen molar-refractivity contribution < 1.29 is 9.53 Å². The molecule has 82 valence electrons. The average molecular weight is 214 g/mol. The first-order chi connectivity index (χ1) is 7.77. The van der Waals surface area contributed by atoms with Crippen molar-refractivity contribution in [3.05, 3.63) is 48.0 Å². The van der Waals surface area contributed by atoms with Crippen LogP contribution in [0.3, 0.4) is 0 Å². The number of benzene rings is 1. The van der Waals surface area contributed by atoms with Gasteiger partial charge in [-0.2, -0.15) is 0 Å². The van der Waals surface area contributed by atoms with Gasteiger partial charge in [-0.25, -0.2) is 4.79 Å². The largest absolute Gasteiger partial charge is 0.451 e. The van der Waals surface area contributed by atoms with Crippen LogP contribution in [0.25, 0.3) is 0 Å². The van der Waals surface area contributed by atoms with Gasteiger partial charge in [0.25, 0.3) is 0 Å². The van der Waals surface area contributed by atoms with Gasteiger partial charge in [-0.1, -0.05) is 24.3 Å². The fraction of sp³-hybridized carbons (Fsp3) is 0.357. The summed E-state index contributed by atoms with van der Waals surface area (Å²) in [7, 11) is 0. The van der Waals surface area contributed by atoms with Gasteiger partial charge in [-0.15, -0.1) is 0 Å². The SMILES string of the molecule is O=C(OC12C=CC(CC1)C2)c1ccccc1. The zero-order chi connectivity index (χ0) is 11.0. The summed E-state index contributed by atoms with van der Waals surface area (Å²) in [4.78, 5) is 11.9. The first-order valence-corrected chi connectivity index (χ1v) is 5.75. The fourth-order valence-electron chi connectivity index (χ4n) is 2.65. The molecule has 0 heterocycles. The molecule has 2 nitrogen and oxygen atoms in total. The van der Waals surface area contributed by atoms with E-state index in [4.69, 9.17) is 4.74 Å². The zero-order valence-electron chi connectivity index (χ0n) is 9.06. The smallest absolute Gasteiger partial charge is 0.338 e. The van der Waals surface area contributed by atoms with Crippen LogP contribution in [0.1, 0.15) is 29.6 Å². The van der Waals surface area contributed by atoms with Crippen LogP contribution in [0.15, 0.2) is 42.5 Å². The highest BCUT2D eigenvalue weighted by Crippen LogP contribution is 2.45. The molecule has 0 aromatic heterocycles. The molecule has 2 aliphatic rings. The van der Waals surface area contributed by atoms with Crippen LogP contribution in [-0.4, -0.2) is 11.6 Å². The van der Waals surface area contributed by atoms with Crippen LogP contribution in [0.2, 0.25) is 0 Å². The minimum absolute atomic E-state index is 0.201. The van der Waals surface area contributed by atoms with E-state index in [1.54, 1.807) is 12.1 Å². The zero-order valence-corrected chi connectivity index (χ0v) is 9.06. The molecular formula is C14H14O2. The maximum atomic E-state index is 11.9. The summed E-state index contributed by atoms with van der Waals surface area (Å²) >= 11 is 0. The van der Waals surface area contributed by atoms with Gasteiger partial charge in [0.2, 0.25) is 0 Å². The Morgan fingerprint density at radius 1 is 1.31 bits per heavy atom. The minimum atomic E-state index is -0.294. The Morgan fingerprint density at radius 2 is 2.12 bits per heavy atom. The fourth-order valence-corrected chi connectivity index (χ4v) is 2.65. The number of carbonyl (C=O) groups is 1. The van der Waals surface area contributed by atoms with Gasteiger partial charge in [0, 0.05) is 0 Å². The monoisotopic (exact) mass is 214 g/mol. The second kappa shape index (κ2) is 3.48. The topological polar surface area (TPSA) is 26.3 Å². The molecule has 16 heavy (non-hydrogen) atoms. The van der Waals surface area contributed by atoms with E-state index in [1.165, 1.54) is 0 Å². The molecule has 0 N–H and O–H groups in total. The Hall–Kier alpha value is -1.57. The minimum Gasteiger partial charge on any atom is -0.451 e. The quantitative estimate of drug-likeness (QED) is 0.559. The molecule has 1 fully saturated rings. The number of allylic oxidation sites excluding steroid dienone is 1. The molecule has 1 saturated carbocycles. The third kappa shape index (κ3) is 1.54. The van der Waals surface area contributed by atoms with Gasteiger partial charge in [-0.3, -0.25) is 0 Å². The first-order valence-electron chi connectivity index (χ1n) is 5.75. The molecule has 2 unspecified atom stereocenters. The molecule has 2 atom stereocenters. The van der Waals surface area contributed by atoms with Gasteiger partial charge in [-0.05, 0) is 43.4 Å². The van der Waals surface area contributed by atoms with Crippen LogP contribution < -0.4 is 0 Å². The number of esters is 1. The lowest BCUT2D eigenvalue weighted by molar-refractivity contribution is 0.00776. The normalized spacial score (nSPS) is 30.6. The molecule has 1 aromatic rings. The Balaban J connectivity index is 1.76. The second-order valence-corrected chi connectivity index (χ2v) is 4.68. The van der Waals surface area contributed by atoms with E-state index in [-0.39, 0.29) is 11.6 Å². The van der Waals surface area contributed by atoms with E-state index in [2.05, 4.69) is 12.2 Å². The maximum absolute atomic E-state index is 11.9. The lowest BCUT2D eigenvalue weighted by Crippen LogP contribution is -2.28. The molecule has 0 radical (unpaired) electrons. The third-order valence-electron chi connectivity index (χ3n) is 3.52. The molecular weight excluding hydrogens is 200 g/mol. The van der Waals surface area contributed by atoms with E-state index in [1.807, 2.05) is 18.2 Å². The highest BCUT2D eigenvalue weighted by atomic mass is 16.6. The number of hydrogen-bond donors (Lipinski definition) is 0. The van der Waals surface area contributed by atoms with E-state index < -0.39 is 0 Å². The summed E-state index contributed by atoms with van der Waals surface area (Å²) in [6, 6.07) is 9.21. The van der Waals surface area contributed by atoms with Gasteiger partial charge in [0.05, 0.1) is 5.56 Å². The van der Waals surface area contributed by atoms with Crippen LogP contribution in [0.5, 0.6) is 0 Å². The molecule has 3 rings (SSSR count). The van der Waals surface area contributed by atoms with Crippen LogP contribution in [0.4, 0.5) is 0 Å².